The molecule has 1 saturated carbocycles. The molecule has 2 aromatic rings. The Balaban J connectivity index is 1.11. The summed E-state index contributed by atoms with van der Waals surface area (Å²) in [5, 5.41) is 0. The number of benzene rings is 1. The quantitative estimate of drug-likeness (QED) is 0.738. The number of nitrogens with zero attached hydrogens (tertiary/aromatic N) is 3. The van der Waals surface area contributed by atoms with E-state index >= 15 is 0 Å². The SMILES string of the molecule is Cc1cc(C(=O)N2CCC3(CC2)CC3C(=O)N2CCN(Cc3ccccc3)CC2)c(C)o1. The highest BCUT2D eigenvalue weighted by atomic mass is 16.3. The Labute approximate surface area is 190 Å². The number of rotatable bonds is 4. The Kier molecular flexibility index (Phi) is 5.58. The molecule has 32 heavy (non-hydrogen) atoms. The summed E-state index contributed by atoms with van der Waals surface area (Å²) in [6, 6.07) is 12.4. The van der Waals surface area contributed by atoms with Crippen molar-refractivity contribution in [3.05, 3.63) is 59.0 Å². The number of hydrogen-bond acceptors (Lipinski definition) is 4. The number of piperazine rings is 1. The van der Waals surface area contributed by atoms with Crippen molar-refractivity contribution in [2.75, 3.05) is 39.3 Å². The molecular weight excluding hydrogens is 402 g/mol. The van der Waals surface area contributed by atoms with E-state index in [2.05, 4.69) is 34.1 Å². The van der Waals surface area contributed by atoms with E-state index in [1.54, 1.807) is 0 Å². The molecule has 0 radical (unpaired) electrons. The van der Waals surface area contributed by atoms with E-state index < -0.39 is 0 Å². The highest BCUT2D eigenvalue weighted by molar-refractivity contribution is 5.95. The fraction of sp³-hybridized carbons (Fsp3) is 0.538. The summed E-state index contributed by atoms with van der Waals surface area (Å²) < 4.78 is 5.54. The first kappa shape index (κ1) is 21.3. The van der Waals surface area contributed by atoms with E-state index in [0.717, 1.165) is 70.8 Å². The molecule has 1 atom stereocenters. The Morgan fingerprint density at radius 3 is 2.28 bits per heavy atom. The van der Waals surface area contributed by atoms with Gasteiger partial charge in [0, 0.05) is 51.7 Å². The van der Waals surface area contributed by atoms with E-state index in [1.807, 2.05) is 30.9 Å². The maximum Gasteiger partial charge on any atom is 0.257 e. The van der Waals surface area contributed by atoms with E-state index in [9.17, 15) is 9.59 Å². The third-order valence-corrected chi connectivity index (χ3v) is 7.74. The normalized spacial score (nSPS) is 22.9. The number of carbonyl (C=O) groups is 2. The van der Waals surface area contributed by atoms with Gasteiger partial charge in [-0.25, -0.2) is 0 Å². The van der Waals surface area contributed by atoms with Crippen molar-refractivity contribution in [1.82, 2.24) is 14.7 Å². The summed E-state index contributed by atoms with van der Waals surface area (Å²) in [6.07, 6.45) is 2.85. The summed E-state index contributed by atoms with van der Waals surface area (Å²) in [7, 11) is 0. The average Bonchev–Trinajstić information content (AvgIpc) is 3.39. The predicted octanol–water partition coefficient (Wildman–Crippen LogP) is 3.48. The Morgan fingerprint density at radius 1 is 0.969 bits per heavy atom. The molecule has 3 heterocycles. The molecule has 6 heteroatoms. The van der Waals surface area contributed by atoms with Gasteiger partial charge in [0.15, 0.2) is 0 Å². The number of hydrogen-bond donors (Lipinski definition) is 0. The molecule has 3 fully saturated rings. The Morgan fingerprint density at radius 2 is 1.66 bits per heavy atom. The van der Waals surface area contributed by atoms with Crippen LogP contribution in [0.15, 0.2) is 40.8 Å². The van der Waals surface area contributed by atoms with Crippen LogP contribution < -0.4 is 0 Å². The summed E-state index contributed by atoms with van der Waals surface area (Å²) in [5.41, 5.74) is 2.13. The lowest BCUT2D eigenvalue weighted by atomic mass is 9.90. The zero-order valence-corrected chi connectivity index (χ0v) is 19.2. The lowest BCUT2D eigenvalue weighted by Gasteiger charge is -2.36. The molecule has 3 aliphatic rings. The second-order valence-electron chi connectivity index (χ2n) is 9.83. The predicted molar refractivity (Wildman–Crippen MR) is 122 cm³/mol. The van der Waals surface area contributed by atoms with E-state index in [1.165, 1.54) is 5.56 Å². The van der Waals surface area contributed by atoms with Gasteiger partial charge in [0.25, 0.3) is 5.91 Å². The van der Waals surface area contributed by atoms with E-state index in [-0.39, 0.29) is 17.2 Å². The summed E-state index contributed by atoms with van der Waals surface area (Å²) in [5.74, 6) is 2.02. The lowest BCUT2D eigenvalue weighted by molar-refractivity contribution is -0.135. The third-order valence-electron chi connectivity index (χ3n) is 7.74. The van der Waals surface area contributed by atoms with Gasteiger partial charge in [0.1, 0.15) is 11.5 Å². The van der Waals surface area contributed by atoms with Gasteiger partial charge in [-0.15, -0.1) is 0 Å². The number of amides is 2. The molecule has 2 aliphatic heterocycles. The van der Waals surface area contributed by atoms with E-state index in [0.29, 0.717) is 17.2 Å². The Bertz CT molecular complexity index is 983. The minimum absolute atomic E-state index is 0.0623. The molecule has 2 amide bonds. The van der Waals surface area contributed by atoms with Crippen LogP contribution in [0.4, 0.5) is 0 Å². The second kappa shape index (κ2) is 8.39. The molecule has 1 unspecified atom stereocenters. The first-order valence-corrected chi connectivity index (χ1v) is 11.9. The zero-order valence-electron chi connectivity index (χ0n) is 19.2. The maximum absolute atomic E-state index is 13.2. The van der Waals surface area contributed by atoms with Crippen molar-refractivity contribution in [1.29, 1.82) is 0 Å². The van der Waals surface area contributed by atoms with Gasteiger partial charge in [-0.1, -0.05) is 30.3 Å². The number of aryl methyl sites for hydroxylation is 2. The molecule has 1 aromatic carbocycles. The van der Waals surface area contributed by atoms with Gasteiger partial charge in [-0.05, 0) is 50.2 Å². The van der Waals surface area contributed by atoms with Crippen LogP contribution in [0.3, 0.4) is 0 Å². The van der Waals surface area contributed by atoms with E-state index in [4.69, 9.17) is 4.42 Å². The van der Waals surface area contributed by atoms with Crippen molar-refractivity contribution in [3.8, 4) is 0 Å². The van der Waals surface area contributed by atoms with Crippen LogP contribution in [0.5, 0.6) is 0 Å². The van der Waals surface area contributed by atoms with Crippen molar-refractivity contribution < 1.29 is 14.0 Å². The fourth-order valence-corrected chi connectivity index (χ4v) is 5.61. The minimum atomic E-state index is 0.0623. The summed E-state index contributed by atoms with van der Waals surface area (Å²) in [6.45, 7) is 9.66. The number of likely N-dealkylation sites (tertiary alicyclic amines) is 1. The van der Waals surface area contributed by atoms with Gasteiger partial charge in [0.05, 0.1) is 5.56 Å². The van der Waals surface area contributed by atoms with Crippen LogP contribution in [0.1, 0.15) is 46.7 Å². The fourth-order valence-electron chi connectivity index (χ4n) is 5.61. The molecule has 1 aromatic heterocycles. The van der Waals surface area contributed by atoms with Crippen LogP contribution in [0, 0.1) is 25.2 Å². The van der Waals surface area contributed by atoms with Crippen LogP contribution in [0.25, 0.3) is 0 Å². The van der Waals surface area contributed by atoms with Crippen LogP contribution in [-0.2, 0) is 11.3 Å². The molecule has 5 rings (SSSR count). The number of piperidine rings is 1. The topological polar surface area (TPSA) is 57.0 Å². The van der Waals surface area contributed by atoms with Crippen LogP contribution in [-0.4, -0.2) is 65.8 Å². The third kappa shape index (κ3) is 4.08. The molecule has 6 nitrogen and oxygen atoms in total. The summed E-state index contributed by atoms with van der Waals surface area (Å²) in [4.78, 5) is 32.5. The van der Waals surface area contributed by atoms with Gasteiger partial charge >= 0.3 is 0 Å². The second-order valence-corrected chi connectivity index (χ2v) is 9.83. The molecule has 1 spiro atoms. The molecule has 1 aliphatic carbocycles. The van der Waals surface area contributed by atoms with Gasteiger partial charge in [-0.2, -0.15) is 0 Å². The van der Waals surface area contributed by atoms with Crippen molar-refractivity contribution in [2.45, 2.75) is 39.7 Å². The van der Waals surface area contributed by atoms with Gasteiger partial charge < -0.3 is 14.2 Å². The van der Waals surface area contributed by atoms with Crippen molar-refractivity contribution in [2.24, 2.45) is 11.3 Å². The van der Waals surface area contributed by atoms with Crippen molar-refractivity contribution in [3.63, 3.8) is 0 Å². The molecule has 2 saturated heterocycles. The highest BCUT2D eigenvalue weighted by Crippen LogP contribution is 2.60. The number of carbonyl (C=O) groups excluding carboxylic acids is 2. The minimum Gasteiger partial charge on any atom is -0.466 e. The summed E-state index contributed by atoms with van der Waals surface area (Å²) >= 11 is 0. The van der Waals surface area contributed by atoms with Gasteiger partial charge in [-0.3, -0.25) is 14.5 Å². The van der Waals surface area contributed by atoms with Crippen LogP contribution >= 0.6 is 0 Å². The van der Waals surface area contributed by atoms with Crippen LogP contribution in [0.2, 0.25) is 0 Å². The zero-order chi connectivity index (χ0) is 22.3. The molecule has 170 valence electrons. The largest absolute Gasteiger partial charge is 0.466 e. The first-order valence-electron chi connectivity index (χ1n) is 11.9. The number of furan rings is 1. The maximum atomic E-state index is 13.2. The highest BCUT2D eigenvalue weighted by Gasteiger charge is 2.59. The first-order chi connectivity index (χ1) is 15.4. The van der Waals surface area contributed by atoms with Gasteiger partial charge in [0.2, 0.25) is 5.91 Å². The monoisotopic (exact) mass is 435 g/mol. The Hall–Kier alpha value is -2.60. The standard InChI is InChI=1S/C26H33N3O3/c1-19-16-22(20(2)32-19)24(30)28-10-8-26(9-11-28)17-23(26)25(31)29-14-12-27(13-15-29)18-21-6-4-3-5-7-21/h3-7,16,23H,8-15,17-18H2,1-2H3. The average molecular weight is 436 g/mol. The lowest BCUT2D eigenvalue weighted by Crippen LogP contribution is -2.49. The molecule has 0 bridgehead atoms. The van der Waals surface area contributed by atoms with Crippen molar-refractivity contribution >= 4 is 11.8 Å². The smallest absolute Gasteiger partial charge is 0.257 e. The molecule has 0 N–H and O–H groups in total. The molecular formula is C26H33N3O3.